The molecule has 1 aliphatic heterocycles. The number of nitrogens with one attached hydrogen (secondary N) is 1. The molecule has 0 radical (unpaired) electrons. The first-order chi connectivity index (χ1) is 15.3. The van der Waals surface area contributed by atoms with Gasteiger partial charge in [-0.15, -0.1) is 0 Å². The van der Waals surface area contributed by atoms with Gasteiger partial charge in [-0.3, -0.25) is 15.2 Å². The molecule has 0 spiro atoms. The number of amides is 1. The number of hydrogen-bond acceptors (Lipinski definition) is 5. The number of hydrogen-bond donors (Lipinski definition) is 2. The smallest absolute Gasteiger partial charge is 0.272 e. The summed E-state index contributed by atoms with van der Waals surface area (Å²) in [7, 11) is 0. The highest BCUT2D eigenvalue weighted by Gasteiger charge is 2.20. The normalized spacial score (nSPS) is 15.4. The SMILES string of the molecule is NC(COc1ccc(Cl)c(F)c1)=NC1CCN(NC(=O)COc2ccc(Cl)c(F)c2)CC1. The van der Waals surface area contributed by atoms with Crippen LogP contribution >= 0.6 is 23.2 Å². The Labute approximate surface area is 194 Å². The van der Waals surface area contributed by atoms with Gasteiger partial charge in [0.1, 0.15) is 35.6 Å². The largest absolute Gasteiger partial charge is 0.486 e. The summed E-state index contributed by atoms with van der Waals surface area (Å²) in [5.41, 5.74) is 8.67. The third kappa shape index (κ3) is 7.22. The van der Waals surface area contributed by atoms with E-state index >= 15 is 0 Å². The number of carbonyl (C=O) groups excluding carboxylic acids is 1. The molecular formula is C21H22Cl2F2N4O3. The fraction of sp³-hybridized carbons (Fsp3) is 0.333. The highest BCUT2D eigenvalue weighted by Crippen LogP contribution is 2.21. The van der Waals surface area contributed by atoms with E-state index in [1.54, 1.807) is 11.1 Å². The minimum absolute atomic E-state index is 0.0120. The van der Waals surface area contributed by atoms with Gasteiger partial charge in [-0.25, -0.2) is 13.8 Å². The molecule has 0 aliphatic carbocycles. The molecule has 2 aromatic carbocycles. The molecule has 1 heterocycles. The molecule has 2 aromatic rings. The van der Waals surface area contributed by atoms with Crippen LogP contribution in [-0.2, 0) is 4.79 Å². The molecule has 1 aliphatic rings. The molecule has 32 heavy (non-hydrogen) atoms. The molecule has 0 saturated carbocycles. The monoisotopic (exact) mass is 486 g/mol. The molecule has 0 atom stereocenters. The van der Waals surface area contributed by atoms with Crippen LogP contribution in [0.25, 0.3) is 0 Å². The van der Waals surface area contributed by atoms with E-state index in [1.165, 1.54) is 24.3 Å². The Morgan fingerprint density at radius 1 is 1.03 bits per heavy atom. The summed E-state index contributed by atoms with van der Waals surface area (Å²) >= 11 is 11.3. The van der Waals surface area contributed by atoms with Crippen LogP contribution in [0.4, 0.5) is 8.78 Å². The molecule has 3 N–H and O–H groups in total. The van der Waals surface area contributed by atoms with Gasteiger partial charge in [0.05, 0.1) is 16.1 Å². The molecule has 0 aromatic heterocycles. The summed E-state index contributed by atoms with van der Waals surface area (Å²) in [6, 6.07) is 8.09. The lowest BCUT2D eigenvalue weighted by atomic mass is 10.1. The lowest BCUT2D eigenvalue weighted by Crippen LogP contribution is -2.49. The van der Waals surface area contributed by atoms with Crippen LogP contribution in [0.1, 0.15) is 12.8 Å². The molecule has 11 heteroatoms. The Balaban J connectivity index is 1.37. The molecule has 172 valence electrons. The van der Waals surface area contributed by atoms with Gasteiger partial charge in [-0.2, -0.15) is 0 Å². The van der Waals surface area contributed by atoms with Crippen LogP contribution in [0.2, 0.25) is 10.0 Å². The standard InChI is InChI=1S/C21H22Cl2F2N4O3/c22-16-3-1-14(9-18(16)24)31-11-20(26)27-13-5-7-29(8-6-13)28-21(30)12-32-15-2-4-17(23)19(25)10-15/h1-4,9-10,13H,5-8,11-12H2,(H2,26,27)(H,28,30). The molecule has 0 bridgehead atoms. The minimum Gasteiger partial charge on any atom is -0.486 e. The number of halogens is 4. The van der Waals surface area contributed by atoms with E-state index in [9.17, 15) is 13.6 Å². The number of nitrogens with two attached hydrogens (primary N) is 1. The third-order valence-corrected chi connectivity index (χ3v) is 5.25. The van der Waals surface area contributed by atoms with Gasteiger partial charge in [-0.05, 0) is 37.1 Å². The molecular weight excluding hydrogens is 465 g/mol. The number of aliphatic imine (C=N–C) groups is 1. The van der Waals surface area contributed by atoms with Crippen molar-refractivity contribution in [3.63, 3.8) is 0 Å². The van der Waals surface area contributed by atoms with E-state index in [0.717, 1.165) is 6.07 Å². The van der Waals surface area contributed by atoms with Crippen LogP contribution in [0, 0.1) is 11.6 Å². The number of nitrogens with zero attached hydrogens (tertiary/aromatic N) is 2. The quantitative estimate of drug-likeness (QED) is 0.439. The summed E-state index contributed by atoms with van der Waals surface area (Å²) in [5, 5.41) is 1.77. The average Bonchev–Trinajstić information content (AvgIpc) is 2.77. The predicted octanol–water partition coefficient (Wildman–Crippen LogP) is 3.58. The summed E-state index contributed by atoms with van der Waals surface area (Å²) in [5.74, 6) is -0.714. The maximum Gasteiger partial charge on any atom is 0.272 e. The first kappa shape index (κ1) is 24.0. The lowest BCUT2D eigenvalue weighted by molar-refractivity contribution is -0.128. The predicted molar refractivity (Wildman–Crippen MR) is 118 cm³/mol. The second-order valence-corrected chi connectivity index (χ2v) is 7.92. The van der Waals surface area contributed by atoms with E-state index in [-0.39, 0.29) is 41.0 Å². The number of carbonyl (C=O) groups is 1. The Kier molecular flexibility index (Phi) is 8.49. The highest BCUT2D eigenvalue weighted by atomic mass is 35.5. The minimum atomic E-state index is -0.614. The van der Waals surface area contributed by atoms with Gasteiger partial charge < -0.3 is 15.2 Å². The fourth-order valence-electron chi connectivity index (χ4n) is 3.03. The van der Waals surface area contributed by atoms with Gasteiger partial charge in [-0.1, -0.05) is 23.2 Å². The lowest BCUT2D eigenvalue weighted by Gasteiger charge is -2.30. The van der Waals surface area contributed by atoms with Crippen LogP contribution in [0.5, 0.6) is 11.5 Å². The van der Waals surface area contributed by atoms with Gasteiger partial charge >= 0.3 is 0 Å². The highest BCUT2D eigenvalue weighted by molar-refractivity contribution is 6.31. The second-order valence-electron chi connectivity index (χ2n) is 7.10. The fourth-order valence-corrected chi connectivity index (χ4v) is 3.26. The maximum atomic E-state index is 13.4. The zero-order chi connectivity index (χ0) is 23.1. The van der Waals surface area contributed by atoms with Crippen molar-refractivity contribution in [2.24, 2.45) is 10.7 Å². The van der Waals surface area contributed by atoms with E-state index in [0.29, 0.717) is 37.5 Å². The Hall–Kier alpha value is -2.62. The molecule has 0 unspecified atom stereocenters. The van der Waals surface area contributed by atoms with E-state index in [4.69, 9.17) is 38.4 Å². The van der Waals surface area contributed by atoms with Crippen molar-refractivity contribution in [3.05, 3.63) is 58.1 Å². The summed E-state index contributed by atoms with van der Waals surface area (Å²) in [6.07, 6.45) is 1.36. The van der Waals surface area contributed by atoms with Gasteiger partial charge in [0.25, 0.3) is 5.91 Å². The maximum absolute atomic E-state index is 13.4. The van der Waals surface area contributed by atoms with Crippen molar-refractivity contribution in [2.75, 3.05) is 26.3 Å². The molecule has 1 saturated heterocycles. The van der Waals surface area contributed by atoms with Crippen LogP contribution in [-0.4, -0.2) is 49.1 Å². The van der Waals surface area contributed by atoms with Gasteiger partial charge in [0.15, 0.2) is 6.61 Å². The number of rotatable bonds is 8. The average molecular weight is 487 g/mol. The van der Waals surface area contributed by atoms with Crippen molar-refractivity contribution < 1.29 is 23.0 Å². The number of piperidine rings is 1. The van der Waals surface area contributed by atoms with E-state index in [1.807, 2.05) is 0 Å². The first-order valence-electron chi connectivity index (χ1n) is 9.82. The van der Waals surface area contributed by atoms with Crippen molar-refractivity contribution in [1.29, 1.82) is 0 Å². The van der Waals surface area contributed by atoms with Crippen molar-refractivity contribution in [2.45, 2.75) is 18.9 Å². The summed E-state index contributed by atoms with van der Waals surface area (Å²) in [4.78, 5) is 16.5. The van der Waals surface area contributed by atoms with Crippen LogP contribution in [0.15, 0.2) is 41.4 Å². The zero-order valence-electron chi connectivity index (χ0n) is 17.0. The number of hydrazine groups is 1. The molecule has 3 rings (SSSR count). The second kappa shape index (κ2) is 11.3. The molecule has 7 nitrogen and oxygen atoms in total. The zero-order valence-corrected chi connectivity index (χ0v) is 18.5. The molecule has 1 amide bonds. The van der Waals surface area contributed by atoms with Crippen molar-refractivity contribution >= 4 is 34.9 Å². The van der Waals surface area contributed by atoms with Gasteiger partial charge in [0, 0.05) is 25.2 Å². The van der Waals surface area contributed by atoms with Crippen LogP contribution in [0.3, 0.4) is 0 Å². The van der Waals surface area contributed by atoms with Gasteiger partial charge in [0.2, 0.25) is 0 Å². The van der Waals surface area contributed by atoms with Crippen LogP contribution < -0.4 is 20.6 Å². The third-order valence-electron chi connectivity index (χ3n) is 4.63. The Bertz CT molecular complexity index is 986. The van der Waals surface area contributed by atoms with Crippen molar-refractivity contribution in [1.82, 2.24) is 10.4 Å². The molecule has 1 fully saturated rings. The number of amidine groups is 1. The summed E-state index contributed by atoms with van der Waals surface area (Å²) in [6.45, 7) is 0.924. The Morgan fingerprint density at radius 2 is 1.56 bits per heavy atom. The Morgan fingerprint density at radius 3 is 2.09 bits per heavy atom. The van der Waals surface area contributed by atoms with E-state index < -0.39 is 11.6 Å². The summed E-state index contributed by atoms with van der Waals surface area (Å²) < 4.78 is 37.5. The number of ether oxygens (including phenoxy) is 2. The topological polar surface area (TPSA) is 89.2 Å². The van der Waals surface area contributed by atoms with E-state index in [2.05, 4.69) is 10.4 Å². The van der Waals surface area contributed by atoms with Crippen molar-refractivity contribution in [3.8, 4) is 11.5 Å². The first-order valence-corrected chi connectivity index (χ1v) is 10.6. The number of benzene rings is 2.